The highest BCUT2D eigenvalue weighted by atomic mass is 32.2. The Morgan fingerprint density at radius 1 is 1.08 bits per heavy atom. The highest BCUT2D eigenvalue weighted by Crippen LogP contribution is 2.48. The second-order valence-electron chi connectivity index (χ2n) is 17.6. The summed E-state index contributed by atoms with van der Waals surface area (Å²) in [5.41, 5.74) is -4.45. The van der Waals surface area contributed by atoms with Gasteiger partial charge in [-0.05, 0) is 94.7 Å². The Morgan fingerprint density at radius 2 is 1.80 bits per heavy atom. The first kappa shape index (κ1) is 45.7. The number of carbonyl (C=O) groups excluding carboxylic acids is 4. The van der Waals surface area contributed by atoms with Gasteiger partial charge in [0.2, 0.25) is 39.2 Å². The molecule has 4 aliphatic rings. The third-order valence-corrected chi connectivity index (χ3v) is 14.9. The maximum atomic E-state index is 15.0. The zero-order chi connectivity index (χ0) is 44.7. The second-order valence-corrected chi connectivity index (χ2v) is 19.8. The van der Waals surface area contributed by atoms with Gasteiger partial charge in [0.15, 0.2) is 0 Å². The van der Waals surface area contributed by atoms with Crippen LogP contribution in [0, 0.1) is 23.7 Å². The predicted molar refractivity (Wildman–Crippen MR) is 217 cm³/mol. The summed E-state index contributed by atoms with van der Waals surface area (Å²) < 4.78 is 90.6. The average molecular weight is 880 g/mol. The van der Waals surface area contributed by atoms with Crippen LogP contribution in [0.5, 0.6) is 17.5 Å². The van der Waals surface area contributed by atoms with Crippen LogP contribution in [0.2, 0.25) is 0 Å². The van der Waals surface area contributed by atoms with E-state index < -0.39 is 92.3 Å². The minimum atomic E-state index is -4.87. The maximum absolute atomic E-state index is 15.0. The lowest BCUT2D eigenvalue weighted by Crippen LogP contribution is -2.58. The number of hydrogen-bond donors (Lipinski definition) is 3. The quantitative estimate of drug-likeness (QED) is 0.240. The Hall–Kier alpha value is -4.81. The molecule has 2 saturated carbocycles. The number of ether oxygens (including phenoxy) is 4. The normalized spacial score (nSPS) is 28.0. The van der Waals surface area contributed by atoms with Crippen molar-refractivity contribution in [2.75, 3.05) is 27.3 Å². The van der Waals surface area contributed by atoms with E-state index in [4.69, 9.17) is 18.9 Å². The topological polar surface area (TPSA) is 192 Å². The fraction of sp³-hybridized carbons (Fsp3) is 0.643. The van der Waals surface area contributed by atoms with Crippen LogP contribution in [0.25, 0.3) is 10.8 Å². The Kier molecular flexibility index (Phi) is 12.9. The molecule has 2 aliphatic heterocycles. The lowest BCUT2D eigenvalue weighted by atomic mass is 9.80. The number of nitrogens with one attached hydrogen (secondary N) is 3. The summed E-state index contributed by atoms with van der Waals surface area (Å²) in [6.45, 7) is 6.31. The molecule has 2 aliphatic carbocycles. The molecule has 3 heterocycles. The molecule has 1 aromatic heterocycles. The molecule has 7 atom stereocenters. The van der Waals surface area contributed by atoms with Crippen molar-refractivity contribution in [3.63, 3.8) is 0 Å². The first-order valence-corrected chi connectivity index (χ1v) is 22.1. The smallest absolute Gasteiger partial charge is 0.427 e. The average Bonchev–Trinajstić information content (AvgIpc) is 4.07. The number of sulfonamides is 1. The van der Waals surface area contributed by atoms with Gasteiger partial charge in [0.1, 0.15) is 23.4 Å². The number of alkyl carbamates (subject to hydrolysis) is 1. The van der Waals surface area contributed by atoms with Crippen molar-refractivity contribution < 1.29 is 59.7 Å². The van der Waals surface area contributed by atoms with E-state index in [1.807, 2.05) is 26.0 Å². The van der Waals surface area contributed by atoms with E-state index in [0.29, 0.717) is 55.0 Å². The number of methoxy groups -OCH3 is 2. The number of halogens is 3. The minimum absolute atomic E-state index is 0.0408. The molecule has 7 unspecified atom stereocenters. The van der Waals surface area contributed by atoms with E-state index in [9.17, 15) is 36.0 Å². The van der Waals surface area contributed by atoms with E-state index >= 15 is 4.79 Å². The zero-order valence-corrected chi connectivity index (χ0v) is 36.3. The third-order valence-electron chi connectivity index (χ3n) is 12.7. The largest absolute Gasteiger partial charge is 0.497 e. The van der Waals surface area contributed by atoms with Gasteiger partial charge in [-0.25, -0.2) is 13.2 Å². The zero-order valence-electron chi connectivity index (χ0n) is 35.5. The number of pyridine rings is 1. The summed E-state index contributed by atoms with van der Waals surface area (Å²) in [5.74, 6) is -3.16. The van der Waals surface area contributed by atoms with Crippen LogP contribution in [-0.4, -0.2) is 104 Å². The summed E-state index contributed by atoms with van der Waals surface area (Å²) in [4.78, 5) is 62.4. The number of rotatable bonds is 11. The van der Waals surface area contributed by atoms with Crippen LogP contribution in [0.1, 0.15) is 86.0 Å². The number of allylic oxidation sites excluding steroid dienone is 1. The maximum Gasteiger partial charge on any atom is 0.427 e. The van der Waals surface area contributed by atoms with E-state index in [1.54, 1.807) is 31.2 Å². The molecule has 3 N–H and O–H groups in total. The number of alkyl halides is 3. The van der Waals surface area contributed by atoms with Crippen molar-refractivity contribution in [3.05, 3.63) is 36.4 Å². The molecule has 1 aromatic carbocycles. The van der Waals surface area contributed by atoms with Gasteiger partial charge in [-0.15, -0.1) is 0 Å². The molecule has 2 aromatic rings. The lowest BCUT2D eigenvalue weighted by molar-refractivity contribution is -0.243. The summed E-state index contributed by atoms with van der Waals surface area (Å²) in [5, 5.41) is 6.50. The number of benzene rings is 1. The molecule has 336 valence electrons. The fourth-order valence-corrected chi connectivity index (χ4v) is 9.49. The molecular formula is C42H56F3N5O10S. The van der Waals surface area contributed by atoms with Gasteiger partial charge >= 0.3 is 12.3 Å². The fourth-order valence-electron chi connectivity index (χ4n) is 8.18. The van der Waals surface area contributed by atoms with Crippen LogP contribution >= 0.6 is 0 Å². The van der Waals surface area contributed by atoms with E-state index in [0.717, 1.165) is 13.8 Å². The molecule has 6 rings (SSSR count). The number of aromatic nitrogens is 1. The van der Waals surface area contributed by atoms with E-state index in [1.165, 1.54) is 19.1 Å². The van der Waals surface area contributed by atoms with Gasteiger partial charge in [0.05, 0.1) is 31.4 Å². The molecular weight excluding hydrogens is 824 g/mol. The van der Waals surface area contributed by atoms with Crippen molar-refractivity contribution in [2.24, 2.45) is 23.7 Å². The summed E-state index contributed by atoms with van der Waals surface area (Å²) in [6, 6.07) is 5.66. The summed E-state index contributed by atoms with van der Waals surface area (Å²) in [7, 11) is -1.11. The molecule has 3 fully saturated rings. The Balaban J connectivity index is 1.36. The number of amides is 4. The van der Waals surface area contributed by atoms with Crippen molar-refractivity contribution in [1.29, 1.82) is 0 Å². The van der Waals surface area contributed by atoms with Crippen LogP contribution in [0.4, 0.5) is 18.0 Å². The number of carbonyl (C=O) groups is 4. The van der Waals surface area contributed by atoms with Gasteiger partial charge in [0.25, 0.3) is 5.91 Å². The van der Waals surface area contributed by atoms with Crippen LogP contribution in [0.3, 0.4) is 0 Å². The first-order valence-electron chi connectivity index (χ1n) is 20.7. The van der Waals surface area contributed by atoms with Crippen molar-refractivity contribution in [2.45, 2.75) is 120 Å². The molecule has 61 heavy (non-hydrogen) atoms. The van der Waals surface area contributed by atoms with Crippen molar-refractivity contribution >= 4 is 44.6 Å². The molecule has 19 heteroatoms. The van der Waals surface area contributed by atoms with Gasteiger partial charge in [0, 0.05) is 30.3 Å². The number of fused-ring (bicyclic) bond motifs is 3. The Bertz CT molecular complexity index is 2160. The highest BCUT2D eigenvalue weighted by Gasteiger charge is 2.63. The lowest BCUT2D eigenvalue weighted by Gasteiger charge is -2.34. The van der Waals surface area contributed by atoms with Gasteiger partial charge < -0.3 is 34.5 Å². The van der Waals surface area contributed by atoms with Crippen molar-refractivity contribution in [3.8, 4) is 17.5 Å². The molecule has 1 saturated heterocycles. The van der Waals surface area contributed by atoms with Crippen LogP contribution in [0.15, 0.2) is 36.4 Å². The summed E-state index contributed by atoms with van der Waals surface area (Å²) in [6.07, 6.45) is -0.372. The highest BCUT2D eigenvalue weighted by molar-refractivity contribution is 7.91. The monoisotopic (exact) mass is 879 g/mol. The third kappa shape index (κ3) is 9.65. The molecule has 0 spiro atoms. The molecule has 15 nitrogen and oxygen atoms in total. The van der Waals surface area contributed by atoms with Crippen LogP contribution < -0.4 is 29.6 Å². The van der Waals surface area contributed by atoms with Crippen molar-refractivity contribution in [1.82, 2.24) is 25.2 Å². The molecule has 0 bridgehead atoms. The Morgan fingerprint density at radius 3 is 2.44 bits per heavy atom. The molecule has 0 radical (unpaired) electrons. The molecule has 4 amide bonds. The van der Waals surface area contributed by atoms with Gasteiger partial charge in [-0.1, -0.05) is 32.4 Å². The Labute approximate surface area is 353 Å². The van der Waals surface area contributed by atoms with Crippen LogP contribution in [-0.2, 0) is 29.1 Å². The van der Waals surface area contributed by atoms with E-state index in [2.05, 4.69) is 20.3 Å². The number of nitrogens with zero attached hydrogens (tertiary/aromatic N) is 2. The van der Waals surface area contributed by atoms with Gasteiger partial charge in [-0.3, -0.25) is 19.1 Å². The number of hydrogen-bond acceptors (Lipinski definition) is 11. The first-order chi connectivity index (χ1) is 28.6. The van der Waals surface area contributed by atoms with E-state index in [-0.39, 0.29) is 37.1 Å². The predicted octanol–water partition coefficient (Wildman–Crippen LogP) is 5.56. The van der Waals surface area contributed by atoms with Gasteiger partial charge in [-0.2, -0.15) is 18.2 Å². The second kappa shape index (κ2) is 17.2. The standard InChI is InChI=1S/C42H56F3N5O10S/c1-8-25-17-24(2)11-9-10-12-27-21-41(27,37(53)49-61(55,56)40(5)15-16-40)48-34(51)32-20-29(59-35-30-14-13-28(57-6)18-26(30)19-33(47-35)58-7)23-50(32)36(52)31(25)22-46-38(54)60-39(3,4)42(43,44)45/h10,12-14,18-19,24-25,27,29,31-32H,8-9,11,15-17,20-23H2,1-7H3,(H,46,54)(H,48,51)(H,49,53). The summed E-state index contributed by atoms with van der Waals surface area (Å²) >= 11 is 0. The SMILES string of the molecule is CCC1CC(C)CCC=CC2CC2(C(=O)NS(=O)(=O)C2(C)CC2)NC(=O)C2CC(Oc3nc(OC)cc4cc(OC)ccc34)CN2C(=O)C1CNC(=O)OC(C)(C)C(F)(F)F. The minimum Gasteiger partial charge on any atom is -0.497 e.